The van der Waals surface area contributed by atoms with Gasteiger partial charge in [-0.2, -0.15) is 0 Å². The van der Waals surface area contributed by atoms with E-state index >= 15 is 0 Å². The third-order valence-electron chi connectivity index (χ3n) is 3.12. The first-order valence-corrected chi connectivity index (χ1v) is 7.37. The topological polar surface area (TPSA) is 111 Å². The van der Waals surface area contributed by atoms with E-state index in [0.717, 1.165) is 11.8 Å². The van der Waals surface area contributed by atoms with Crippen molar-refractivity contribution in [1.29, 1.82) is 0 Å². The maximum atomic E-state index is 12.1. The highest BCUT2D eigenvalue weighted by atomic mass is 32.2. The number of aromatic amines is 1. The molecule has 7 nitrogen and oxygen atoms in total. The van der Waals surface area contributed by atoms with Crippen LogP contribution in [-0.2, 0) is 16.0 Å². The van der Waals surface area contributed by atoms with Crippen LogP contribution in [0.5, 0.6) is 0 Å². The Balaban J connectivity index is 2.07. The molecule has 0 radical (unpaired) electrons. The summed E-state index contributed by atoms with van der Waals surface area (Å²) in [6.07, 6.45) is 0.647. The van der Waals surface area contributed by atoms with Crippen molar-refractivity contribution in [1.82, 2.24) is 15.2 Å². The Hall–Kier alpha value is -2.61. The van der Waals surface area contributed by atoms with Crippen molar-refractivity contribution in [3.8, 4) is 0 Å². The first-order valence-electron chi connectivity index (χ1n) is 6.55. The number of H-pyrrole nitrogens is 1. The summed E-state index contributed by atoms with van der Waals surface area (Å²) in [4.78, 5) is 27.5. The van der Waals surface area contributed by atoms with E-state index < -0.39 is 11.9 Å². The predicted octanol–water partition coefficient (Wildman–Crippen LogP) is 0.572. The molecule has 3 rings (SSSR count). The van der Waals surface area contributed by atoms with Crippen LogP contribution >= 0.6 is 11.8 Å². The zero-order valence-corrected chi connectivity index (χ0v) is 12.4. The number of carbonyl (C=O) groups excluding carboxylic acids is 2. The van der Waals surface area contributed by atoms with Gasteiger partial charge in [-0.1, -0.05) is 25.1 Å². The fourth-order valence-corrected chi connectivity index (χ4v) is 2.93. The van der Waals surface area contributed by atoms with Crippen molar-refractivity contribution in [2.45, 2.75) is 18.5 Å². The van der Waals surface area contributed by atoms with E-state index in [2.05, 4.69) is 20.5 Å². The number of carboxylic acid groups (broad SMARTS) is 1. The van der Waals surface area contributed by atoms with Crippen LogP contribution in [0, 0.1) is 0 Å². The number of fused-ring (bicyclic) bond motifs is 1. The smallest absolute Gasteiger partial charge is 0.257 e. The number of nitrogens with zero attached hydrogens (tertiary/aromatic N) is 2. The van der Waals surface area contributed by atoms with Gasteiger partial charge >= 0.3 is 0 Å². The first kappa shape index (κ1) is 14.3. The molecule has 1 aliphatic rings. The second-order valence-electron chi connectivity index (χ2n) is 4.51. The molecule has 0 atom stereocenters. The highest BCUT2D eigenvalue weighted by Crippen LogP contribution is 2.38. The van der Waals surface area contributed by atoms with E-state index in [1.165, 1.54) is 0 Å². The van der Waals surface area contributed by atoms with E-state index in [9.17, 15) is 14.7 Å². The minimum Gasteiger partial charge on any atom is -0.544 e. The first-order chi connectivity index (χ1) is 10.6. The lowest BCUT2D eigenvalue weighted by Gasteiger charge is -2.09. The number of anilines is 1. The van der Waals surface area contributed by atoms with Crippen molar-refractivity contribution in [3.63, 3.8) is 0 Å². The lowest BCUT2D eigenvalue weighted by atomic mass is 10.1. The molecule has 1 amide bonds. The van der Waals surface area contributed by atoms with Gasteiger partial charge in [-0.3, -0.25) is 9.89 Å². The molecule has 0 saturated heterocycles. The van der Waals surface area contributed by atoms with E-state index in [4.69, 9.17) is 0 Å². The molecule has 0 aliphatic carbocycles. The molecule has 2 aromatic rings. The summed E-state index contributed by atoms with van der Waals surface area (Å²) in [5.41, 5.74) is 1.18. The molecule has 0 bridgehead atoms. The minimum atomic E-state index is -1.44. The van der Waals surface area contributed by atoms with E-state index in [-0.39, 0.29) is 15.6 Å². The van der Waals surface area contributed by atoms with E-state index in [1.54, 1.807) is 24.3 Å². The molecule has 0 unspecified atom stereocenters. The monoisotopic (exact) mass is 315 g/mol. The van der Waals surface area contributed by atoms with Crippen molar-refractivity contribution < 1.29 is 14.7 Å². The van der Waals surface area contributed by atoms with Gasteiger partial charge in [0.25, 0.3) is 5.91 Å². The Morgan fingerprint density at radius 3 is 2.82 bits per heavy atom. The lowest BCUT2D eigenvalue weighted by molar-refractivity contribution is -0.298. The Kier molecular flexibility index (Phi) is 3.68. The van der Waals surface area contributed by atoms with Gasteiger partial charge in [0.15, 0.2) is 0 Å². The molecule has 0 fully saturated rings. The molecule has 0 saturated carbocycles. The Labute approximate surface area is 129 Å². The molecular weight excluding hydrogens is 304 g/mol. The molecule has 2 N–H and O–H groups in total. The number of rotatable bonds is 4. The van der Waals surface area contributed by atoms with Crippen LogP contribution in [0.25, 0.3) is 5.57 Å². The number of amides is 1. The summed E-state index contributed by atoms with van der Waals surface area (Å²) < 4.78 is 0. The van der Waals surface area contributed by atoms with Gasteiger partial charge in [-0.25, -0.2) is 4.98 Å². The molecule has 2 heterocycles. The molecule has 1 aromatic carbocycles. The molecule has 1 aromatic heterocycles. The number of nitrogens with one attached hydrogen (secondary N) is 2. The summed E-state index contributed by atoms with van der Waals surface area (Å²) in [7, 11) is 0. The average molecular weight is 315 g/mol. The molecule has 0 spiro atoms. The van der Waals surface area contributed by atoms with Crippen LogP contribution in [-0.4, -0.2) is 27.1 Å². The number of carboxylic acids is 1. The number of benzene rings is 1. The number of hydrogen-bond donors (Lipinski definition) is 2. The fraction of sp³-hybridized carbons (Fsp3) is 0.143. The van der Waals surface area contributed by atoms with Gasteiger partial charge in [0.05, 0.1) is 16.4 Å². The van der Waals surface area contributed by atoms with Crippen LogP contribution < -0.4 is 10.4 Å². The van der Waals surface area contributed by atoms with Gasteiger partial charge in [0.2, 0.25) is 5.16 Å². The maximum absolute atomic E-state index is 12.1. The number of para-hydroxylation sites is 1. The van der Waals surface area contributed by atoms with Crippen LogP contribution in [0.1, 0.15) is 18.3 Å². The fourth-order valence-electron chi connectivity index (χ4n) is 2.11. The number of carbonyl (C=O) groups is 2. The van der Waals surface area contributed by atoms with Crippen molar-refractivity contribution in [2.24, 2.45) is 0 Å². The summed E-state index contributed by atoms with van der Waals surface area (Å²) in [5, 5.41) is 21.0. The molecule has 112 valence electrons. The maximum Gasteiger partial charge on any atom is 0.257 e. The Morgan fingerprint density at radius 2 is 2.14 bits per heavy atom. The second kappa shape index (κ2) is 5.64. The molecule has 1 aliphatic heterocycles. The number of aliphatic carboxylic acids is 1. The molecular formula is C14H11N4O3S-. The third-order valence-corrected chi connectivity index (χ3v) is 4.06. The van der Waals surface area contributed by atoms with Crippen molar-refractivity contribution in [3.05, 3.63) is 40.6 Å². The standard InChI is InChI=1S/C14H12N4O3S/c1-2-9-16-14(18-17-9)22-11(13(20)21)10-7-5-3-4-6-8(7)15-12(10)19/h3-6H,2H2,1H3,(H,15,19)(H,20,21)(H,16,17,18)/p-1/b11-10+. The summed E-state index contributed by atoms with van der Waals surface area (Å²) >= 11 is 0.801. The van der Waals surface area contributed by atoms with Gasteiger partial charge < -0.3 is 15.2 Å². The molecule has 8 heteroatoms. The number of hydrogen-bond acceptors (Lipinski definition) is 6. The Bertz CT molecular complexity index is 797. The summed E-state index contributed by atoms with van der Waals surface area (Å²) in [6, 6.07) is 6.89. The SMILES string of the molecule is CCc1nc(S/C(C(=O)[O-])=C2/C(=O)Nc3ccccc32)n[nH]1. The third kappa shape index (κ3) is 2.48. The number of aryl methyl sites for hydroxylation is 1. The summed E-state index contributed by atoms with van der Waals surface area (Å²) in [6.45, 7) is 1.90. The van der Waals surface area contributed by atoms with Crippen molar-refractivity contribution >= 4 is 34.9 Å². The largest absolute Gasteiger partial charge is 0.544 e. The Morgan fingerprint density at radius 1 is 1.36 bits per heavy atom. The van der Waals surface area contributed by atoms with Gasteiger partial charge in [0, 0.05) is 17.7 Å². The van der Waals surface area contributed by atoms with Crippen LogP contribution in [0.3, 0.4) is 0 Å². The average Bonchev–Trinajstić information content (AvgIpc) is 3.08. The lowest BCUT2D eigenvalue weighted by Crippen LogP contribution is -2.25. The van der Waals surface area contributed by atoms with Crippen molar-refractivity contribution in [2.75, 3.05) is 5.32 Å². The highest BCUT2D eigenvalue weighted by Gasteiger charge is 2.28. The number of aromatic nitrogens is 3. The van der Waals surface area contributed by atoms with Gasteiger partial charge in [-0.15, -0.1) is 5.10 Å². The zero-order chi connectivity index (χ0) is 15.7. The molecule has 22 heavy (non-hydrogen) atoms. The highest BCUT2D eigenvalue weighted by molar-refractivity contribution is 8.04. The number of thioether (sulfide) groups is 1. The van der Waals surface area contributed by atoms with E-state index in [0.29, 0.717) is 23.5 Å². The predicted molar refractivity (Wildman–Crippen MR) is 78.6 cm³/mol. The normalized spacial score (nSPS) is 15.4. The zero-order valence-electron chi connectivity index (χ0n) is 11.5. The van der Waals surface area contributed by atoms with Gasteiger partial charge in [0.1, 0.15) is 5.82 Å². The van der Waals surface area contributed by atoms with Crippen LogP contribution in [0.15, 0.2) is 34.3 Å². The van der Waals surface area contributed by atoms with Crippen LogP contribution in [0.4, 0.5) is 5.69 Å². The quantitative estimate of drug-likeness (QED) is 0.630. The summed E-state index contributed by atoms with van der Waals surface area (Å²) in [5.74, 6) is -1.27. The van der Waals surface area contributed by atoms with Gasteiger partial charge in [-0.05, 0) is 17.8 Å². The van der Waals surface area contributed by atoms with E-state index in [1.807, 2.05) is 6.92 Å². The minimum absolute atomic E-state index is 0.0726. The second-order valence-corrected chi connectivity index (χ2v) is 5.49. The van der Waals surface area contributed by atoms with Crippen LogP contribution in [0.2, 0.25) is 0 Å².